The summed E-state index contributed by atoms with van der Waals surface area (Å²) in [4.78, 5) is 25.8. The number of nitrogens with one attached hydrogen (secondary N) is 2. The number of ether oxygens (including phenoxy) is 2. The molecule has 5 heterocycles. The molecule has 0 atom stereocenters. The van der Waals surface area contributed by atoms with E-state index in [0.29, 0.717) is 49.7 Å². The molecule has 2 aliphatic heterocycles. The van der Waals surface area contributed by atoms with Gasteiger partial charge < -0.3 is 29.6 Å². The molecule has 0 radical (unpaired) electrons. The molecule has 0 saturated carbocycles. The summed E-state index contributed by atoms with van der Waals surface area (Å²) in [6.07, 6.45) is 8.83. The molecule has 2 aliphatic rings. The van der Waals surface area contributed by atoms with E-state index in [-0.39, 0.29) is 0 Å². The molecule has 14 nitrogen and oxygen atoms in total. The van der Waals surface area contributed by atoms with Crippen LogP contribution >= 0.6 is 23.1 Å². The van der Waals surface area contributed by atoms with Crippen LogP contribution in [0.25, 0.3) is 22.2 Å². The van der Waals surface area contributed by atoms with Crippen LogP contribution in [0.4, 0.5) is 28.8 Å². The number of rotatable bonds is 11. The van der Waals surface area contributed by atoms with Gasteiger partial charge in [0.2, 0.25) is 5.95 Å². The minimum atomic E-state index is -2.77. The van der Waals surface area contributed by atoms with Crippen LogP contribution in [-0.2, 0) is 16.3 Å². The van der Waals surface area contributed by atoms with Gasteiger partial charge in [-0.25, -0.2) is 4.98 Å². The fraction of sp³-hybridized carbons (Fsp3) is 0.400. The summed E-state index contributed by atoms with van der Waals surface area (Å²) in [7, 11) is 0.826. The van der Waals surface area contributed by atoms with E-state index >= 15 is 0 Å². The molecule has 2 aromatic carbocycles. The van der Waals surface area contributed by atoms with Gasteiger partial charge in [-0.1, -0.05) is 0 Å². The Bertz CT molecular complexity index is 2060. The number of hydrogen-bond donors (Lipinski definition) is 2. The molecule has 2 saturated heterocycles. The number of hydrogen-bond acceptors (Lipinski definition) is 13. The molecule has 2 fully saturated rings. The first-order valence-electron chi connectivity index (χ1n) is 17.0. The van der Waals surface area contributed by atoms with Crippen molar-refractivity contribution >= 4 is 68.2 Å². The first-order valence-corrected chi connectivity index (χ1v) is 20.4. The molecule has 268 valence electrons. The predicted molar refractivity (Wildman–Crippen MR) is 206 cm³/mol. The molecule has 3 aromatic heterocycles. The minimum absolute atomic E-state index is 0.357. The van der Waals surface area contributed by atoms with E-state index in [9.17, 15) is 4.57 Å². The largest absolute Gasteiger partial charge is 0.494 e. The van der Waals surface area contributed by atoms with Crippen LogP contribution in [0.1, 0.15) is 0 Å². The highest BCUT2D eigenvalue weighted by molar-refractivity contribution is 9.10. The summed E-state index contributed by atoms with van der Waals surface area (Å²) in [6, 6.07) is 7.89. The van der Waals surface area contributed by atoms with Gasteiger partial charge in [0.15, 0.2) is 0 Å². The average Bonchev–Trinajstić information content (AvgIpc) is 3.58. The monoisotopic (exact) mass is 775 g/mol. The van der Waals surface area contributed by atoms with Gasteiger partial charge in [-0.3, -0.25) is 24.4 Å². The van der Waals surface area contributed by atoms with Crippen molar-refractivity contribution in [2.24, 2.45) is 7.05 Å². The zero-order valence-electron chi connectivity index (χ0n) is 29.3. The molecule has 0 spiro atoms. The standard InChI is InChI=1S/C35H43BrN11O3P/c1-44-23-24(21-40-44)25-19-29(31(49-2)20-30(25)47-13-11-45(12-14-47)9-10-46-15-17-50-18-16-46)42-35-39-22-26(36)34(43-35)41-28-6-5-27-32(38-8-7-37-27)33(28)51(3,4)48/h5-8,19-23H,9-18H2,1-4H3,(H2,39,41,42,43). The lowest BCUT2D eigenvalue weighted by molar-refractivity contribution is 0.0331. The molecule has 0 unspecified atom stereocenters. The summed E-state index contributed by atoms with van der Waals surface area (Å²) < 4.78 is 27.4. The smallest absolute Gasteiger partial charge is 0.229 e. The van der Waals surface area contributed by atoms with Gasteiger partial charge in [-0.15, -0.1) is 0 Å². The van der Waals surface area contributed by atoms with E-state index < -0.39 is 7.14 Å². The van der Waals surface area contributed by atoms with Crippen molar-refractivity contribution in [2.45, 2.75) is 0 Å². The molecule has 0 amide bonds. The van der Waals surface area contributed by atoms with Crippen LogP contribution < -0.4 is 25.6 Å². The van der Waals surface area contributed by atoms with Crippen molar-refractivity contribution in [3.8, 4) is 16.9 Å². The minimum Gasteiger partial charge on any atom is -0.494 e. The second kappa shape index (κ2) is 15.2. The quantitative estimate of drug-likeness (QED) is 0.178. The Morgan fingerprint density at radius 1 is 0.922 bits per heavy atom. The maximum absolute atomic E-state index is 13.5. The van der Waals surface area contributed by atoms with E-state index in [0.717, 1.165) is 82.4 Å². The molecule has 51 heavy (non-hydrogen) atoms. The van der Waals surface area contributed by atoms with Crippen LogP contribution in [0.3, 0.4) is 0 Å². The summed E-state index contributed by atoms with van der Waals surface area (Å²) in [6.45, 7) is 13.1. The number of halogens is 1. The molecular weight excluding hydrogens is 733 g/mol. The molecule has 0 aliphatic carbocycles. The van der Waals surface area contributed by atoms with Crippen LogP contribution in [0.5, 0.6) is 5.75 Å². The first kappa shape index (κ1) is 35.3. The fourth-order valence-corrected chi connectivity index (χ4v) is 8.32. The molecule has 7 rings (SSSR count). The lowest BCUT2D eigenvalue weighted by atomic mass is 10.0. The zero-order valence-corrected chi connectivity index (χ0v) is 31.8. The van der Waals surface area contributed by atoms with E-state index in [1.165, 1.54) is 0 Å². The summed E-state index contributed by atoms with van der Waals surface area (Å²) in [5, 5.41) is 11.9. The maximum atomic E-state index is 13.5. The number of benzene rings is 2. The lowest BCUT2D eigenvalue weighted by Crippen LogP contribution is -2.49. The SMILES string of the molecule is COc1cc(N2CCN(CCN3CCOCC3)CC2)c(-c2cnn(C)c2)cc1Nc1ncc(Br)c(Nc2ccc3nccnc3c2P(C)(C)=O)n1. The van der Waals surface area contributed by atoms with E-state index in [4.69, 9.17) is 14.5 Å². The Labute approximate surface area is 306 Å². The predicted octanol–water partition coefficient (Wildman–Crippen LogP) is 4.78. The van der Waals surface area contributed by atoms with Crippen LogP contribution in [0.2, 0.25) is 0 Å². The van der Waals surface area contributed by atoms with Crippen molar-refractivity contribution in [1.29, 1.82) is 0 Å². The van der Waals surface area contributed by atoms with Crippen LogP contribution in [0, 0.1) is 0 Å². The van der Waals surface area contributed by atoms with Crippen LogP contribution in [-0.4, -0.2) is 126 Å². The second-order valence-electron chi connectivity index (χ2n) is 13.1. The van der Waals surface area contributed by atoms with E-state index in [1.54, 1.807) is 39.0 Å². The summed E-state index contributed by atoms with van der Waals surface area (Å²) >= 11 is 3.60. The number of methoxy groups -OCH3 is 1. The molecule has 2 N–H and O–H groups in total. The van der Waals surface area contributed by atoms with Gasteiger partial charge in [0, 0.05) is 107 Å². The first-order chi connectivity index (χ1) is 24.7. The normalized spacial score (nSPS) is 16.1. The third-order valence-electron chi connectivity index (χ3n) is 9.28. The number of morpholine rings is 1. The number of aryl methyl sites for hydroxylation is 1. The lowest BCUT2D eigenvalue weighted by Gasteiger charge is -2.38. The van der Waals surface area contributed by atoms with Gasteiger partial charge in [-0.2, -0.15) is 10.1 Å². The van der Waals surface area contributed by atoms with Gasteiger partial charge in [0.25, 0.3) is 0 Å². The number of nitrogens with zero attached hydrogens (tertiary/aromatic N) is 9. The Morgan fingerprint density at radius 2 is 1.67 bits per heavy atom. The topological polar surface area (TPSA) is 139 Å². The zero-order chi connectivity index (χ0) is 35.5. The van der Waals surface area contributed by atoms with Crippen molar-refractivity contribution in [1.82, 2.24) is 39.5 Å². The summed E-state index contributed by atoms with van der Waals surface area (Å²) in [5.41, 5.74) is 5.76. The Hall–Kier alpha value is -4.14. The Kier molecular flexibility index (Phi) is 10.5. The molecular formula is C35H43BrN11O3P. The highest BCUT2D eigenvalue weighted by atomic mass is 79.9. The maximum Gasteiger partial charge on any atom is 0.229 e. The van der Waals surface area contributed by atoms with Gasteiger partial charge in [-0.05, 0) is 47.5 Å². The number of anilines is 5. The van der Waals surface area contributed by atoms with Gasteiger partial charge in [0.1, 0.15) is 24.2 Å². The van der Waals surface area contributed by atoms with E-state index in [2.05, 4.69) is 73.4 Å². The van der Waals surface area contributed by atoms with E-state index in [1.807, 2.05) is 36.3 Å². The number of fused-ring (bicyclic) bond motifs is 1. The van der Waals surface area contributed by atoms with Crippen molar-refractivity contribution < 1.29 is 14.0 Å². The summed E-state index contributed by atoms with van der Waals surface area (Å²) in [5.74, 6) is 1.53. The van der Waals surface area contributed by atoms with Gasteiger partial charge in [0.05, 0.1) is 53.2 Å². The average molecular weight is 777 g/mol. The van der Waals surface area contributed by atoms with Gasteiger partial charge >= 0.3 is 0 Å². The second-order valence-corrected chi connectivity index (χ2v) is 17.1. The van der Waals surface area contributed by atoms with Crippen molar-refractivity contribution in [3.63, 3.8) is 0 Å². The highest BCUT2D eigenvalue weighted by Crippen LogP contribution is 2.42. The van der Waals surface area contributed by atoms with Crippen molar-refractivity contribution in [2.75, 3.05) is 102 Å². The number of piperazine rings is 1. The number of aromatic nitrogens is 6. The third kappa shape index (κ3) is 8.02. The van der Waals surface area contributed by atoms with Crippen molar-refractivity contribution in [3.05, 3.63) is 59.7 Å². The molecule has 5 aromatic rings. The Morgan fingerprint density at radius 3 is 2.37 bits per heavy atom. The highest BCUT2D eigenvalue weighted by Gasteiger charge is 2.25. The Balaban J connectivity index is 1.15. The molecule has 0 bridgehead atoms. The third-order valence-corrected chi connectivity index (χ3v) is 11.4. The molecule has 16 heteroatoms. The van der Waals surface area contributed by atoms with Crippen LogP contribution in [0.15, 0.2) is 59.7 Å². The fourth-order valence-electron chi connectivity index (χ4n) is 6.64.